The van der Waals surface area contributed by atoms with Crippen LogP contribution in [0.4, 0.5) is 5.82 Å². The molecule has 0 bridgehead atoms. The van der Waals surface area contributed by atoms with Gasteiger partial charge in [-0.1, -0.05) is 0 Å². The molecule has 2 aliphatic rings. The van der Waals surface area contributed by atoms with Crippen LogP contribution in [0.3, 0.4) is 0 Å². The zero-order chi connectivity index (χ0) is 9.76. The third-order valence-corrected chi connectivity index (χ3v) is 3.44. The summed E-state index contributed by atoms with van der Waals surface area (Å²) in [4.78, 5) is 0. The Morgan fingerprint density at radius 2 is 2.29 bits per heavy atom. The van der Waals surface area contributed by atoms with Crippen molar-refractivity contribution in [3.05, 3.63) is 11.8 Å². The molecule has 0 atom stereocenters. The molecule has 1 aliphatic carbocycles. The Balaban J connectivity index is 1.76. The van der Waals surface area contributed by atoms with Crippen LogP contribution in [0, 0.1) is 12.3 Å². The molecule has 0 aromatic carbocycles. The van der Waals surface area contributed by atoms with Crippen molar-refractivity contribution in [1.82, 2.24) is 9.78 Å². The third kappa shape index (κ3) is 1.00. The van der Waals surface area contributed by atoms with Gasteiger partial charge in [-0.05, 0) is 19.8 Å². The first-order valence-corrected chi connectivity index (χ1v) is 5.08. The zero-order valence-electron chi connectivity index (χ0n) is 8.36. The second kappa shape index (κ2) is 2.51. The van der Waals surface area contributed by atoms with Gasteiger partial charge in [0.05, 0.1) is 19.3 Å². The van der Waals surface area contributed by atoms with Crippen LogP contribution >= 0.6 is 0 Å². The highest BCUT2D eigenvalue weighted by atomic mass is 16.5. The van der Waals surface area contributed by atoms with E-state index in [4.69, 9.17) is 10.5 Å². The molecule has 76 valence electrons. The van der Waals surface area contributed by atoms with Crippen molar-refractivity contribution in [2.75, 3.05) is 18.9 Å². The van der Waals surface area contributed by atoms with E-state index in [1.807, 2.05) is 6.07 Å². The van der Waals surface area contributed by atoms with E-state index >= 15 is 0 Å². The monoisotopic (exact) mass is 193 g/mol. The Labute approximate surface area is 83.0 Å². The summed E-state index contributed by atoms with van der Waals surface area (Å²) in [6.45, 7) is 3.95. The Morgan fingerprint density at radius 1 is 1.57 bits per heavy atom. The van der Waals surface area contributed by atoms with E-state index in [2.05, 4.69) is 16.7 Å². The van der Waals surface area contributed by atoms with Crippen molar-refractivity contribution in [3.8, 4) is 0 Å². The second-order valence-corrected chi connectivity index (χ2v) is 4.71. The van der Waals surface area contributed by atoms with E-state index < -0.39 is 0 Å². The molecule has 4 nitrogen and oxygen atoms in total. The number of nitrogens with zero attached hydrogens (tertiary/aromatic N) is 2. The minimum absolute atomic E-state index is 0.498. The number of hydrogen-bond donors (Lipinski definition) is 1. The van der Waals surface area contributed by atoms with Crippen LogP contribution in [0.1, 0.15) is 24.6 Å². The lowest BCUT2D eigenvalue weighted by molar-refractivity contribution is -0.176. The minimum atomic E-state index is 0.498. The first kappa shape index (κ1) is 8.29. The van der Waals surface area contributed by atoms with Crippen molar-refractivity contribution < 1.29 is 4.74 Å². The molecule has 3 rings (SSSR count). The SMILES string of the molecule is Cc1cc(N)nn1C1CC2(COC2)C1. The van der Waals surface area contributed by atoms with Crippen molar-refractivity contribution >= 4 is 5.82 Å². The van der Waals surface area contributed by atoms with E-state index in [-0.39, 0.29) is 0 Å². The van der Waals surface area contributed by atoms with E-state index in [0.717, 1.165) is 13.2 Å². The molecular weight excluding hydrogens is 178 g/mol. The molecule has 4 heteroatoms. The van der Waals surface area contributed by atoms with Crippen LogP contribution in [0.5, 0.6) is 0 Å². The summed E-state index contributed by atoms with van der Waals surface area (Å²) < 4.78 is 7.31. The highest BCUT2D eigenvalue weighted by molar-refractivity contribution is 5.29. The van der Waals surface area contributed by atoms with Crippen LogP contribution in [-0.4, -0.2) is 23.0 Å². The fourth-order valence-corrected chi connectivity index (χ4v) is 2.62. The van der Waals surface area contributed by atoms with Gasteiger partial charge in [-0.3, -0.25) is 4.68 Å². The van der Waals surface area contributed by atoms with Crippen molar-refractivity contribution in [2.45, 2.75) is 25.8 Å². The molecule has 0 amide bonds. The van der Waals surface area contributed by atoms with Crippen molar-refractivity contribution in [3.63, 3.8) is 0 Å². The van der Waals surface area contributed by atoms with E-state index in [1.54, 1.807) is 0 Å². The van der Waals surface area contributed by atoms with Crippen LogP contribution in [0.2, 0.25) is 0 Å². The summed E-state index contributed by atoms with van der Waals surface area (Å²) in [5.41, 5.74) is 7.32. The molecule has 1 saturated carbocycles. The maximum Gasteiger partial charge on any atom is 0.145 e. The first-order chi connectivity index (χ1) is 6.69. The molecule has 1 aromatic heterocycles. The third-order valence-electron chi connectivity index (χ3n) is 3.44. The summed E-state index contributed by atoms with van der Waals surface area (Å²) in [5.74, 6) is 0.633. The smallest absolute Gasteiger partial charge is 0.145 e. The summed E-state index contributed by atoms with van der Waals surface area (Å²) in [7, 11) is 0. The topological polar surface area (TPSA) is 53.1 Å². The molecule has 2 heterocycles. The molecule has 1 aromatic rings. The summed E-state index contributed by atoms with van der Waals surface area (Å²) in [5, 5.41) is 4.31. The van der Waals surface area contributed by atoms with Gasteiger partial charge in [0.2, 0.25) is 0 Å². The molecule has 2 N–H and O–H groups in total. The van der Waals surface area contributed by atoms with Crippen LogP contribution < -0.4 is 5.73 Å². The molecule has 1 aliphatic heterocycles. The Morgan fingerprint density at radius 3 is 2.71 bits per heavy atom. The average Bonchev–Trinajstić information content (AvgIpc) is 2.24. The van der Waals surface area contributed by atoms with E-state index in [1.165, 1.54) is 18.5 Å². The molecular formula is C10H15N3O. The van der Waals surface area contributed by atoms with Gasteiger partial charge in [0, 0.05) is 17.2 Å². The number of rotatable bonds is 1. The zero-order valence-corrected chi connectivity index (χ0v) is 8.36. The van der Waals surface area contributed by atoms with Gasteiger partial charge in [-0.2, -0.15) is 5.10 Å². The van der Waals surface area contributed by atoms with Gasteiger partial charge in [0.25, 0.3) is 0 Å². The molecule has 2 fully saturated rings. The van der Waals surface area contributed by atoms with Gasteiger partial charge in [-0.15, -0.1) is 0 Å². The molecule has 0 radical (unpaired) electrons. The summed E-state index contributed by atoms with van der Waals surface area (Å²) in [6.07, 6.45) is 2.41. The lowest BCUT2D eigenvalue weighted by Gasteiger charge is -2.53. The number of ether oxygens (including phenoxy) is 1. The highest BCUT2D eigenvalue weighted by Crippen LogP contribution is 2.53. The number of nitrogens with two attached hydrogens (primary N) is 1. The number of nitrogen functional groups attached to an aromatic ring is 1. The average molecular weight is 193 g/mol. The van der Waals surface area contributed by atoms with E-state index in [9.17, 15) is 0 Å². The number of anilines is 1. The Bertz CT molecular complexity index is 359. The van der Waals surface area contributed by atoms with Gasteiger partial charge in [-0.25, -0.2) is 0 Å². The van der Waals surface area contributed by atoms with Gasteiger partial charge in [0.15, 0.2) is 0 Å². The maximum absolute atomic E-state index is 5.65. The fraction of sp³-hybridized carbons (Fsp3) is 0.700. The van der Waals surface area contributed by atoms with Gasteiger partial charge in [0.1, 0.15) is 5.82 Å². The van der Waals surface area contributed by atoms with Crippen LogP contribution in [0.15, 0.2) is 6.07 Å². The summed E-state index contributed by atoms with van der Waals surface area (Å²) >= 11 is 0. The summed E-state index contributed by atoms with van der Waals surface area (Å²) in [6, 6.07) is 2.48. The quantitative estimate of drug-likeness (QED) is 0.727. The van der Waals surface area contributed by atoms with Crippen molar-refractivity contribution in [1.29, 1.82) is 0 Å². The van der Waals surface area contributed by atoms with Crippen molar-refractivity contribution in [2.24, 2.45) is 5.41 Å². The van der Waals surface area contributed by atoms with E-state index in [0.29, 0.717) is 17.3 Å². The number of aromatic nitrogens is 2. The lowest BCUT2D eigenvalue weighted by atomic mass is 9.64. The number of hydrogen-bond acceptors (Lipinski definition) is 3. The highest BCUT2D eigenvalue weighted by Gasteiger charge is 2.50. The Kier molecular flexibility index (Phi) is 1.49. The predicted molar refractivity (Wildman–Crippen MR) is 52.9 cm³/mol. The van der Waals surface area contributed by atoms with Crippen LogP contribution in [0.25, 0.3) is 0 Å². The molecule has 1 saturated heterocycles. The molecule has 1 spiro atoms. The standard InChI is InChI=1S/C10H15N3O/c1-7-2-9(11)12-13(7)8-3-10(4-8)5-14-6-10/h2,8H,3-6H2,1H3,(H2,11,12). The normalized spacial score (nSPS) is 24.6. The molecule has 0 unspecified atom stereocenters. The predicted octanol–water partition coefficient (Wildman–Crippen LogP) is 1.13. The second-order valence-electron chi connectivity index (χ2n) is 4.71. The maximum atomic E-state index is 5.65. The minimum Gasteiger partial charge on any atom is -0.382 e. The largest absolute Gasteiger partial charge is 0.382 e. The first-order valence-electron chi connectivity index (χ1n) is 5.08. The van der Waals surface area contributed by atoms with Gasteiger partial charge >= 0.3 is 0 Å². The molecule has 14 heavy (non-hydrogen) atoms. The Hall–Kier alpha value is -1.03. The van der Waals surface area contributed by atoms with Gasteiger partial charge < -0.3 is 10.5 Å². The number of aryl methyl sites for hydroxylation is 1. The van der Waals surface area contributed by atoms with Crippen LogP contribution in [-0.2, 0) is 4.74 Å². The fourth-order valence-electron chi connectivity index (χ4n) is 2.62. The lowest BCUT2D eigenvalue weighted by Crippen LogP contribution is -2.52.